The Bertz CT molecular complexity index is 532. The lowest BCUT2D eigenvalue weighted by Gasteiger charge is -2.15. The maximum absolute atomic E-state index is 5.38. The van der Waals surface area contributed by atoms with E-state index in [4.69, 9.17) is 4.74 Å². The van der Waals surface area contributed by atoms with E-state index in [0.29, 0.717) is 0 Å². The van der Waals surface area contributed by atoms with Crippen LogP contribution in [0.4, 0.5) is 0 Å². The van der Waals surface area contributed by atoms with Gasteiger partial charge in [-0.25, -0.2) is 0 Å². The van der Waals surface area contributed by atoms with Crippen molar-refractivity contribution in [3.8, 4) is 5.75 Å². The lowest BCUT2D eigenvalue weighted by Crippen LogP contribution is -2.02. The fourth-order valence-corrected chi connectivity index (χ4v) is 2.29. The minimum atomic E-state index is 0.907. The molecular formula is C14H19N3O. The van der Waals surface area contributed by atoms with E-state index < -0.39 is 0 Å². The van der Waals surface area contributed by atoms with E-state index in [-0.39, 0.29) is 0 Å². The highest BCUT2D eigenvalue weighted by Crippen LogP contribution is 2.28. The van der Waals surface area contributed by atoms with Crippen LogP contribution >= 0.6 is 0 Å². The van der Waals surface area contributed by atoms with Crippen molar-refractivity contribution in [3.05, 3.63) is 40.2 Å². The van der Waals surface area contributed by atoms with Gasteiger partial charge < -0.3 is 4.74 Å². The molecular weight excluding hydrogens is 226 g/mol. The number of nitrogens with one attached hydrogen (secondary N) is 1. The molecule has 0 bridgehead atoms. The number of rotatable bonds is 4. The number of aromatic amines is 1. The van der Waals surface area contributed by atoms with Crippen LogP contribution in [-0.4, -0.2) is 22.5 Å². The highest BCUT2D eigenvalue weighted by atomic mass is 16.5. The van der Waals surface area contributed by atoms with Crippen LogP contribution in [0, 0.1) is 20.8 Å². The summed E-state index contributed by atoms with van der Waals surface area (Å²) in [5.74, 6) is 0.968. The molecule has 96 valence electrons. The maximum atomic E-state index is 5.38. The fraction of sp³-hybridized carbons (Fsp3) is 0.429. The van der Waals surface area contributed by atoms with E-state index in [9.17, 15) is 0 Å². The number of aromatic nitrogens is 3. The summed E-state index contributed by atoms with van der Waals surface area (Å²) in [6.07, 6.45) is 3.67. The van der Waals surface area contributed by atoms with Gasteiger partial charge in [-0.2, -0.15) is 15.4 Å². The molecule has 1 aromatic heterocycles. The second-order valence-corrected chi connectivity index (χ2v) is 4.59. The van der Waals surface area contributed by atoms with Gasteiger partial charge in [0.2, 0.25) is 0 Å². The van der Waals surface area contributed by atoms with Crippen molar-refractivity contribution < 1.29 is 4.74 Å². The Morgan fingerprint density at radius 2 is 1.94 bits per heavy atom. The van der Waals surface area contributed by atoms with Crippen molar-refractivity contribution in [1.29, 1.82) is 0 Å². The summed E-state index contributed by atoms with van der Waals surface area (Å²) in [6.45, 7) is 6.39. The lowest BCUT2D eigenvalue weighted by atomic mass is 9.94. The maximum Gasteiger partial charge on any atom is 0.122 e. The van der Waals surface area contributed by atoms with Gasteiger partial charge in [-0.3, -0.25) is 0 Å². The number of nitrogens with zero attached hydrogens (tertiary/aromatic N) is 2. The average molecular weight is 245 g/mol. The summed E-state index contributed by atoms with van der Waals surface area (Å²) in [6, 6.07) is 2.11. The summed E-state index contributed by atoms with van der Waals surface area (Å²) < 4.78 is 5.38. The van der Waals surface area contributed by atoms with Crippen LogP contribution in [0.25, 0.3) is 0 Å². The third-order valence-electron chi connectivity index (χ3n) is 3.52. The van der Waals surface area contributed by atoms with Gasteiger partial charge in [0.25, 0.3) is 0 Å². The number of H-pyrrole nitrogens is 1. The molecule has 0 amide bonds. The highest BCUT2D eigenvalue weighted by molar-refractivity contribution is 5.48. The number of methoxy groups -OCH3 is 1. The molecule has 2 aromatic rings. The molecule has 0 saturated carbocycles. The van der Waals surface area contributed by atoms with E-state index in [0.717, 1.165) is 24.3 Å². The van der Waals surface area contributed by atoms with E-state index in [1.165, 1.54) is 22.3 Å². The second-order valence-electron chi connectivity index (χ2n) is 4.59. The Labute approximate surface area is 107 Å². The minimum Gasteiger partial charge on any atom is -0.496 e. The number of hydrogen-bond acceptors (Lipinski definition) is 3. The van der Waals surface area contributed by atoms with Gasteiger partial charge in [0.15, 0.2) is 0 Å². The van der Waals surface area contributed by atoms with E-state index in [2.05, 4.69) is 42.2 Å². The molecule has 0 aliphatic carbocycles. The molecule has 0 unspecified atom stereocenters. The average Bonchev–Trinajstić information content (AvgIpc) is 2.86. The fourth-order valence-electron chi connectivity index (χ4n) is 2.29. The topological polar surface area (TPSA) is 50.8 Å². The van der Waals surface area contributed by atoms with Gasteiger partial charge in [0.05, 0.1) is 19.0 Å². The first kappa shape index (κ1) is 12.6. The van der Waals surface area contributed by atoms with Gasteiger partial charge in [0.1, 0.15) is 5.75 Å². The Kier molecular flexibility index (Phi) is 3.65. The van der Waals surface area contributed by atoms with Crippen LogP contribution in [0.3, 0.4) is 0 Å². The first-order chi connectivity index (χ1) is 8.63. The van der Waals surface area contributed by atoms with Gasteiger partial charge >= 0.3 is 0 Å². The molecule has 0 atom stereocenters. The highest BCUT2D eigenvalue weighted by Gasteiger charge is 2.11. The molecule has 0 radical (unpaired) electrons. The van der Waals surface area contributed by atoms with Crippen molar-refractivity contribution >= 4 is 0 Å². The summed E-state index contributed by atoms with van der Waals surface area (Å²) in [7, 11) is 1.72. The van der Waals surface area contributed by atoms with Crippen LogP contribution in [0.15, 0.2) is 12.3 Å². The zero-order chi connectivity index (χ0) is 13.1. The van der Waals surface area contributed by atoms with Gasteiger partial charge in [-0.1, -0.05) is 0 Å². The Morgan fingerprint density at radius 1 is 1.17 bits per heavy atom. The van der Waals surface area contributed by atoms with Crippen molar-refractivity contribution in [2.24, 2.45) is 0 Å². The molecule has 0 saturated heterocycles. The van der Waals surface area contributed by atoms with E-state index in [1.54, 1.807) is 13.3 Å². The first-order valence-corrected chi connectivity index (χ1v) is 6.11. The van der Waals surface area contributed by atoms with Crippen LogP contribution in [-0.2, 0) is 12.8 Å². The SMILES string of the molecule is COc1cc(C)c(CCc2cn[nH]n2)c(C)c1C. The van der Waals surface area contributed by atoms with Crippen molar-refractivity contribution in [3.63, 3.8) is 0 Å². The van der Waals surface area contributed by atoms with Crippen LogP contribution in [0.2, 0.25) is 0 Å². The molecule has 1 heterocycles. The molecule has 18 heavy (non-hydrogen) atoms. The van der Waals surface area contributed by atoms with E-state index >= 15 is 0 Å². The zero-order valence-corrected chi connectivity index (χ0v) is 11.4. The number of ether oxygens (including phenoxy) is 1. The van der Waals surface area contributed by atoms with Crippen LogP contribution < -0.4 is 4.74 Å². The summed E-state index contributed by atoms with van der Waals surface area (Å²) >= 11 is 0. The summed E-state index contributed by atoms with van der Waals surface area (Å²) in [5, 5.41) is 10.6. The molecule has 0 fully saturated rings. The predicted molar refractivity (Wildman–Crippen MR) is 71.0 cm³/mol. The Hall–Kier alpha value is -1.84. The molecule has 4 heteroatoms. The van der Waals surface area contributed by atoms with E-state index in [1.807, 2.05) is 0 Å². The largest absolute Gasteiger partial charge is 0.496 e. The third kappa shape index (κ3) is 2.37. The molecule has 0 aliphatic heterocycles. The van der Waals surface area contributed by atoms with Gasteiger partial charge in [0, 0.05) is 0 Å². The van der Waals surface area contributed by atoms with Crippen molar-refractivity contribution in [1.82, 2.24) is 15.4 Å². The number of aryl methyl sites for hydroxylation is 2. The lowest BCUT2D eigenvalue weighted by molar-refractivity contribution is 0.410. The van der Waals surface area contributed by atoms with Crippen molar-refractivity contribution in [2.75, 3.05) is 7.11 Å². The molecule has 1 aromatic carbocycles. The van der Waals surface area contributed by atoms with Crippen LogP contribution in [0.1, 0.15) is 27.9 Å². The second kappa shape index (κ2) is 5.21. The summed E-state index contributed by atoms with van der Waals surface area (Å²) in [5.41, 5.74) is 6.20. The summed E-state index contributed by atoms with van der Waals surface area (Å²) in [4.78, 5) is 0. The van der Waals surface area contributed by atoms with Crippen LogP contribution in [0.5, 0.6) is 5.75 Å². The smallest absolute Gasteiger partial charge is 0.122 e. The standard InChI is InChI=1S/C14H19N3O/c1-9-7-14(18-4)11(3)10(2)13(9)6-5-12-8-15-17-16-12/h7-8H,5-6H2,1-4H3,(H,15,16,17). The van der Waals surface area contributed by atoms with Gasteiger partial charge in [-0.15, -0.1) is 0 Å². The van der Waals surface area contributed by atoms with Gasteiger partial charge in [-0.05, 0) is 61.9 Å². The molecule has 1 N–H and O–H groups in total. The molecule has 2 rings (SSSR count). The zero-order valence-electron chi connectivity index (χ0n) is 11.4. The Morgan fingerprint density at radius 3 is 2.56 bits per heavy atom. The third-order valence-corrected chi connectivity index (χ3v) is 3.52. The number of benzene rings is 1. The predicted octanol–water partition coefficient (Wildman–Crippen LogP) is 2.52. The normalized spacial score (nSPS) is 10.7. The first-order valence-electron chi connectivity index (χ1n) is 6.11. The quantitative estimate of drug-likeness (QED) is 0.900. The monoisotopic (exact) mass is 245 g/mol. The Balaban J connectivity index is 2.25. The molecule has 0 aliphatic rings. The van der Waals surface area contributed by atoms with Crippen molar-refractivity contribution in [2.45, 2.75) is 33.6 Å². The molecule has 4 nitrogen and oxygen atoms in total. The molecule has 0 spiro atoms. The minimum absolute atomic E-state index is 0.907. The number of hydrogen-bond donors (Lipinski definition) is 1.